The Morgan fingerprint density at radius 1 is 1.00 bits per heavy atom. The number of ether oxygens (including phenoxy) is 1. The SMILES string of the molecule is COc1ccc(-c2noc(C3=C(C)N(c4cccc(C)c4)C(=O)NC3c3ccc(C)cc3)n2)cc1F. The molecular weight excluding hydrogens is 459 g/mol. The Morgan fingerprint density at radius 2 is 1.78 bits per heavy atom. The van der Waals surface area contributed by atoms with Crippen LogP contribution in [0.4, 0.5) is 14.9 Å². The lowest BCUT2D eigenvalue weighted by atomic mass is 9.94. The number of anilines is 1. The van der Waals surface area contributed by atoms with Gasteiger partial charge < -0.3 is 14.6 Å². The summed E-state index contributed by atoms with van der Waals surface area (Å²) < 4.78 is 25.0. The molecule has 0 saturated heterocycles. The highest BCUT2D eigenvalue weighted by atomic mass is 19.1. The predicted molar refractivity (Wildman–Crippen MR) is 135 cm³/mol. The number of hydrogen-bond acceptors (Lipinski definition) is 5. The number of halogens is 1. The van der Waals surface area contributed by atoms with Gasteiger partial charge in [-0.25, -0.2) is 9.18 Å². The molecule has 5 rings (SSSR count). The number of aromatic nitrogens is 2. The first-order valence-corrected chi connectivity index (χ1v) is 11.5. The topological polar surface area (TPSA) is 80.5 Å². The summed E-state index contributed by atoms with van der Waals surface area (Å²) in [6.07, 6.45) is 0. The van der Waals surface area contributed by atoms with Gasteiger partial charge in [-0.15, -0.1) is 0 Å². The maximum atomic E-state index is 14.3. The number of carbonyl (C=O) groups is 1. The molecule has 2 amide bonds. The third-order valence-corrected chi connectivity index (χ3v) is 6.22. The molecule has 182 valence electrons. The van der Waals surface area contributed by atoms with Crippen LogP contribution in [-0.4, -0.2) is 23.3 Å². The average Bonchev–Trinajstić information content (AvgIpc) is 3.34. The van der Waals surface area contributed by atoms with E-state index in [9.17, 15) is 9.18 Å². The van der Waals surface area contributed by atoms with Gasteiger partial charge in [0.2, 0.25) is 5.82 Å². The number of nitrogens with zero attached hydrogens (tertiary/aromatic N) is 3. The summed E-state index contributed by atoms with van der Waals surface area (Å²) in [6.45, 7) is 5.83. The van der Waals surface area contributed by atoms with Crippen LogP contribution in [0, 0.1) is 19.7 Å². The molecule has 1 N–H and O–H groups in total. The molecule has 2 heterocycles. The van der Waals surface area contributed by atoms with Crippen LogP contribution >= 0.6 is 0 Å². The number of allylic oxidation sites excluding steroid dienone is 1. The van der Waals surface area contributed by atoms with E-state index in [0.29, 0.717) is 16.8 Å². The molecule has 0 bridgehead atoms. The largest absolute Gasteiger partial charge is 0.494 e. The fourth-order valence-corrected chi connectivity index (χ4v) is 4.36. The lowest BCUT2D eigenvalue weighted by Crippen LogP contribution is -2.46. The fourth-order valence-electron chi connectivity index (χ4n) is 4.36. The van der Waals surface area contributed by atoms with Crippen molar-refractivity contribution in [1.29, 1.82) is 0 Å². The molecule has 1 aliphatic rings. The van der Waals surface area contributed by atoms with Gasteiger partial charge in [0, 0.05) is 11.3 Å². The molecule has 4 aromatic rings. The van der Waals surface area contributed by atoms with Crippen LogP contribution in [0.3, 0.4) is 0 Å². The van der Waals surface area contributed by atoms with Crippen molar-refractivity contribution >= 4 is 17.3 Å². The van der Waals surface area contributed by atoms with E-state index < -0.39 is 11.9 Å². The zero-order valence-corrected chi connectivity index (χ0v) is 20.4. The highest BCUT2D eigenvalue weighted by Crippen LogP contribution is 2.39. The van der Waals surface area contributed by atoms with Gasteiger partial charge in [-0.05, 0) is 62.2 Å². The molecule has 0 radical (unpaired) electrons. The Kier molecular flexibility index (Phi) is 6.01. The van der Waals surface area contributed by atoms with Crippen LogP contribution in [0.15, 0.2) is 77.0 Å². The van der Waals surface area contributed by atoms with E-state index in [-0.39, 0.29) is 23.5 Å². The van der Waals surface area contributed by atoms with Gasteiger partial charge in [-0.3, -0.25) is 4.90 Å². The van der Waals surface area contributed by atoms with Crippen molar-refractivity contribution in [3.63, 3.8) is 0 Å². The van der Waals surface area contributed by atoms with Gasteiger partial charge in [-0.2, -0.15) is 4.98 Å². The van der Waals surface area contributed by atoms with Gasteiger partial charge >= 0.3 is 6.03 Å². The molecule has 1 aromatic heterocycles. The molecule has 0 spiro atoms. The smallest absolute Gasteiger partial charge is 0.326 e. The highest BCUT2D eigenvalue weighted by molar-refractivity contribution is 6.01. The Morgan fingerprint density at radius 3 is 2.47 bits per heavy atom. The van der Waals surface area contributed by atoms with Crippen LogP contribution in [0.2, 0.25) is 0 Å². The third kappa shape index (κ3) is 4.22. The van der Waals surface area contributed by atoms with Crippen molar-refractivity contribution in [1.82, 2.24) is 15.5 Å². The standard InChI is InChI=1S/C28H25FN4O3/c1-16-8-10-19(11-9-16)25-24(18(3)33(28(34)30-25)21-7-5-6-17(2)14-21)27-31-26(32-36-27)20-12-13-23(35-4)22(29)15-20/h5-15,25H,1-4H3,(H,30,34). The van der Waals surface area contributed by atoms with Crippen LogP contribution in [-0.2, 0) is 0 Å². The number of amides is 2. The summed E-state index contributed by atoms with van der Waals surface area (Å²) >= 11 is 0. The second-order valence-electron chi connectivity index (χ2n) is 8.74. The molecule has 8 heteroatoms. The van der Waals surface area contributed by atoms with Gasteiger partial charge in [0.15, 0.2) is 11.6 Å². The predicted octanol–water partition coefficient (Wildman–Crippen LogP) is 6.20. The minimum absolute atomic E-state index is 0.129. The number of rotatable bonds is 5. The Bertz CT molecular complexity index is 1480. The number of nitrogens with one attached hydrogen (secondary N) is 1. The monoisotopic (exact) mass is 484 g/mol. The zero-order valence-electron chi connectivity index (χ0n) is 20.4. The van der Waals surface area contributed by atoms with Crippen LogP contribution in [0.5, 0.6) is 5.75 Å². The van der Waals surface area contributed by atoms with Gasteiger partial charge in [0.25, 0.3) is 5.89 Å². The third-order valence-electron chi connectivity index (χ3n) is 6.22. The summed E-state index contributed by atoms with van der Waals surface area (Å²) in [5, 5.41) is 7.20. The molecule has 1 unspecified atom stereocenters. The lowest BCUT2D eigenvalue weighted by molar-refractivity contribution is 0.244. The van der Waals surface area contributed by atoms with E-state index in [4.69, 9.17) is 9.26 Å². The Hall–Kier alpha value is -4.46. The second kappa shape index (κ2) is 9.30. The zero-order chi connectivity index (χ0) is 25.4. The molecule has 0 fully saturated rings. The van der Waals surface area contributed by atoms with Crippen molar-refractivity contribution in [2.24, 2.45) is 0 Å². The normalized spacial score (nSPS) is 15.8. The number of urea groups is 1. The van der Waals surface area contributed by atoms with Crippen molar-refractivity contribution in [2.75, 3.05) is 12.0 Å². The molecule has 7 nitrogen and oxygen atoms in total. The quantitative estimate of drug-likeness (QED) is 0.365. The van der Waals surface area contributed by atoms with E-state index in [2.05, 4.69) is 15.5 Å². The Labute approximate surface area is 208 Å². The first kappa shape index (κ1) is 23.3. The van der Waals surface area contributed by atoms with Crippen molar-refractivity contribution in [3.8, 4) is 17.1 Å². The lowest BCUT2D eigenvalue weighted by Gasteiger charge is -2.35. The second-order valence-corrected chi connectivity index (χ2v) is 8.74. The summed E-state index contributed by atoms with van der Waals surface area (Å²) in [4.78, 5) is 19.5. The Balaban J connectivity index is 1.64. The molecule has 1 aliphatic heterocycles. The van der Waals surface area contributed by atoms with Gasteiger partial charge in [0.05, 0.1) is 24.4 Å². The van der Waals surface area contributed by atoms with E-state index in [0.717, 1.165) is 22.4 Å². The van der Waals surface area contributed by atoms with Crippen LogP contribution < -0.4 is 15.0 Å². The summed E-state index contributed by atoms with van der Waals surface area (Å²) in [5.41, 5.74) is 5.50. The molecule has 3 aromatic carbocycles. The van der Waals surface area contributed by atoms with Crippen molar-refractivity contribution < 1.29 is 18.4 Å². The maximum absolute atomic E-state index is 14.3. The maximum Gasteiger partial charge on any atom is 0.326 e. The molecule has 0 saturated carbocycles. The average molecular weight is 485 g/mol. The van der Waals surface area contributed by atoms with Gasteiger partial charge in [0.1, 0.15) is 0 Å². The van der Waals surface area contributed by atoms with Crippen LogP contribution in [0.1, 0.15) is 35.5 Å². The van der Waals surface area contributed by atoms with Gasteiger partial charge in [-0.1, -0.05) is 47.1 Å². The molecular formula is C28H25FN4O3. The first-order valence-electron chi connectivity index (χ1n) is 11.5. The minimum Gasteiger partial charge on any atom is -0.494 e. The molecule has 36 heavy (non-hydrogen) atoms. The summed E-state index contributed by atoms with van der Waals surface area (Å²) in [5.74, 6) is 0.0737. The van der Waals surface area contributed by atoms with E-state index in [1.54, 1.807) is 11.0 Å². The summed E-state index contributed by atoms with van der Waals surface area (Å²) in [7, 11) is 1.41. The summed E-state index contributed by atoms with van der Waals surface area (Å²) in [6, 6.07) is 19.3. The number of aryl methyl sites for hydroxylation is 2. The number of methoxy groups -OCH3 is 1. The van der Waals surface area contributed by atoms with E-state index in [1.165, 1.54) is 19.2 Å². The van der Waals surface area contributed by atoms with E-state index >= 15 is 0 Å². The fraction of sp³-hybridized carbons (Fsp3) is 0.179. The van der Waals surface area contributed by atoms with Crippen LogP contribution in [0.25, 0.3) is 17.0 Å². The number of hydrogen-bond donors (Lipinski definition) is 1. The minimum atomic E-state index is -0.523. The molecule has 0 aliphatic carbocycles. The van der Waals surface area contributed by atoms with Crippen molar-refractivity contribution in [2.45, 2.75) is 26.8 Å². The number of carbonyl (C=O) groups excluding carboxylic acids is 1. The van der Waals surface area contributed by atoms with Crippen molar-refractivity contribution in [3.05, 3.63) is 101 Å². The van der Waals surface area contributed by atoms with E-state index in [1.807, 2.05) is 69.3 Å². The number of benzene rings is 3. The highest BCUT2D eigenvalue weighted by Gasteiger charge is 2.36. The molecule has 1 atom stereocenters. The first-order chi connectivity index (χ1) is 17.4.